The van der Waals surface area contributed by atoms with E-state index in [0.29, 0.717) is 37.8 Å². The van der Waals surface area contributed by atoms with Crippen LogP contribution in [0.2, 0.25) is 0 Å². The normalized spacial score (nSPS) is 18.2. The molecule has 0 bridgehead atoms. The number of allylic oxidation sites excluding steroid dienone is 1. The van der Waals surface area contributed by atoms with Crippen LogP contribution in [0.25, 0.3) is 15.8 Å². The second-order valence-corrected chi connectivity index (χ2v) is 8.97. The van der Waals surface area contributed by atoms with E-state index in [4.69, 9.17) is 25.5 Å². The number of rotatable bonds is 6. The predicted molar refractivity (Wildman–Crippen MR) is 134 cm³/mol. The van der Waals surface area contributed by atoms with Crippen LogP contribution < -0.4 is 10.6 Å². The van der Waals surface area contributed by atoms with Crippen molar-refractivity contribution < 1.29 is 14.6 Å². The van der Waals surface area contributed by atoms with Gasteiger partial charge in [-0.15, -0.1) is 11.3 Å². The summed E-state index contributed by atoms with van der Waals surface area (Å²) in [4.78, 5) is 35.7. The Bertz CT molecular complexity index is 1100. The highest BCUT2D eigenvalue weighted by atomic mass is 32.1. The molecule has 2 fully saturated rings. The summed E-state index contributed by atoms with van der Waals surface area (Å²) in [6.07, 6.45) is 1.59. The number of ether oxygens (including phenoxy) is 1. The van der Waals surface area contributed by atoms with Crippen LogP contribution in [-0.2, 0) is 16.1 Å². The van der Waals surface area contributed by atoms with Crippen molar-refractivity contribution in [3.8, 4) is 0 Å². The number of thiophene rings is 1. The number of morpholine rings is 1. The summed E-state index contributed by atoms with van der Waals surface area (Å²) < 4.78 is 6.44. The molecular weight excluding hydrogens is 456 g/mol. The highest BCUT2D eigenvalue weighted by molar-refractivity contribution is 7.17. The van der Waals surface area contributed by atoms with E-state index in [1.807, 2.05) is 0 Å². The zero-order valence-corrected chi connectivity index (χ0v) is 20.1. The number of aliphatic hydroxyl groups excluding tert-OH is 1. The van der Waals surface area contributed by atoms with Gasteiger partial charge in [-0.1, -0.05) is 6.58 Å². The van der Waals surface area contributed by atoms with Gasteiger partial charge in [0.05, 0.1) is 29.1 Å². The van der Waals surface area contributed by atoms with Gasteiger partial charge in [-0.05, 0) is 5.38 Å². The highest BCUT2D eigenvalue weighted by Crippen LogP contribution is 2.32. The monoisotopic (exact) mass is 486 g/mol. The Hall–Kier alpha value is -2.93. The molecule has 2 aromatic rings. The van der Waals surface area contributed by atoms with Crippen molar-refractivity contribution in [1.82, 2.24) is 19.8 Å². The molecule has 4 heterocycles. The predicted octanol–water partition coefficient (Wildman–Crippen LogP) is 0.193. The van der Waals surface area contributed by atoms with E-state index in [2.05, 4.69) is 31.7 Å². The Kier molecular flexibility index (Phi) is 7.83. The molecule has 0 radical (unpaired) electrons. The minimum absolute atomic E-state index is 0.172. The first-order valence-electron chi connectivity index (χ1n) is 11.2. The van der Waals surface area contributed by atoms with Crippen molar-refractivity contribution in [3.63, 3.8) is 0 Å². The van der Waals surface area contributed by atoms with Gasteiger partial charge in [-0.3, -0.25) is 14.7 Å². The van der Waals surface area contributed by atoms with Crippen molar-refractivity contribution in [1.29, 1.82) is 0 Å². The Labute approximate surface area is 202 Å². The number of nitrogens with two attached hydrogens (primary N) is 1. The van der Waals surface area contributed by atoms with Crippen molar-refractivity contribution in [2.45, 2.75) is 6.54 Å². The van der Waals surface area contributed by atoms with E-state index in [1.54, 1.807) is 29.5 Å². The molecule has 2 aliphatic heterocycles. The maximum atomic E-state index is 11.8. The van der Waals surface area contributed by atoms with Crippen LogP contribution in [0, 0.1) is 0 Å². The number of carbonyl (C=O) groups is 1. The number of aliphatic imine (C=N–C) groups is 2. The van der Waals surface area contributed by atoms with E-state index in [0.717, 1.165) is 54.2 Å². The van der Waals surface area contributed by atoms with Crippen LogP contribution in [0.4, 0.5) is 5.95 Å². The van der Waals surface area contributed by atoms with Crippen molar-refractivity contribution in [2.75, 3.05) is 71.0 Å². The van der Waals surface area contributed by atoms with E-state index in [-0.39, 0.29) is 11.9 Å². The number of hydrogen-bond acceptors (Lipinski definition) is 9. The number of aromatic nitrogens is 2. The molecule has 0 aliphatic carbocycles. The molecular formula is C22H30N8O3S. The lowest BCUT2D eigenvalue weighted by atomic mass is 10.1. The lowest BCUT2D eigenvalue weighted by molar-refractivity contribution is -0.135. The summed E-state index contributed by atoms with van der Waals surface area (Å²) in [5.41, 5.74) is 9.10. The molecule has 12 heteroatoms. The zero-order chi connectivity index (χ0) is 24.1. The van der Waals surface area contributed by atoms with Gasteiger partial charge in [0.15, 0.2) is 0 Å². The third-order valence-electron chi connectivity index (χ3n) is 5.91. The summed E-state index contributed by atoms with van der Waals surface area (Å²) in [5.74, 6) is 0.600. The Balaban J connectivity index is 1.63. The van der Waals surface area contributed by atoms with Gasteiger partial charge in [-0.25, -0.2) is 15.0 Å². The average Bonchev–Trinajstić information content (AvgIpc) is 3.29. The topological polar surface area (TPSA) is 133 Å². The lowest BCUT2D eigenvalue weighted by Crippen LogP contribution is -2.49. The highest BCUT2D eigenvalue weighted by Gasteiger charge is 2.24. The van der Waals surface area contributed by atoms with Crippen molar-refractivity contribution in [3.05, 3.63) is 23.2 Å². The number of carbonyl (C=O) groups excluding carboxylic acids is 1. The minimum atomic E-state index is -0.442. The summed E-state index contributed by atoms with van der Waals surface area (Å²) >= 11 is 1.59. The van der Waals surface area contributed by atoms with E-state index in [9.17, 15) is 4.79 Å². The third-order valence-corrected chi connectivity index (χ3v) is 6.94. The Morgan fingerprint density at radius 1 is 1.26 bits per heavy atom. The average molecular weight is 487 g/mol. The number of guanidine groups is 1. The summed E-state index contributed by atoms with van der Waals surface area (Å²) in [6.45, 7) is 9.86. The van der Waals surface area contributed by atoms with Crippen LogP contribution in [0.5, 0.6) is 0 Å². The molecule has 4 rings (SSSR count). The Morgan fingerprint density at radius 3 is 2.68 bits per heavy atom. The maximum absolute atomic E-state index is 11.8. The zero-order valence-electron chi connectivity index (χ0n) is 19.3. The number of nitrogens with zero attached hydrogens (tertiary/aromatic N) is 7. The molecule has 2 saturated heterocycles. The maximum Gasteiger partial charge on any atom is 0.248 e. The standard InChI is InChI=1S/C22H30N8O3S/c1-15(11-25-21(23)24-2)18-20-19(27-22(26-18)30-7-9-33-10-8-30)16(14-34-20)12-28-3-5-29(6-4-28)17(32)13-31/h11,14,31H,1,3-10,12-13H2,2H3,(H2,23,24). The quantitative estimate of drug-likeness (QED) is 0.437. The first kappa shape index (κ1) is 24.2. The first-order valence-corrected chi connectivity index (χ1v) is 12.1. The van der Waals surface area contributed by atoms with Crippen LogP contribution in [0.15, 0.2) is 21.9 Å². The molecule has 0 aromatic carbocycles. The summed E-state index contributed by atoms with van der Waals surface area (Å²) in [5, 5.41) is 11.2. The number of amides is 1. The molecule has 182 valence electrons. The van der Waals surface area contributed by atoms with Crippen molar-refractivity contribution in [2.24, 2.45) is 15.7 Å². The molecule has 0 atom stereocenters. The van der Waals surface area contributed by atoms with Crippen LogP contribution in [-0.4, -0.2) is 109 Å². The molecule has 34 heavy (non-hydrogen) atoms. The second-order valence-electron chi connectivity index (χ2n) is 8.09. The molecule has 0 spiro atoms. The van der Waals surface area contributed by atoms with E-state index in [1.165, 1.54) is 0 Å². The fraction of sp³-hybridized carbons (Fsp3) is 0.500. The molecule has 0 unspecified atom stereocenters. The molecule has 0 saturated carbocycles. The van der Waals surface area contributed by atoms with Gasteiger partial charge in [0.2, 0.25) is 17.8 Å². The number of anilines is 1. The summed E-state index contributed by atoms with van der Waals surface area (Å²) in [7, 11) is 1.58. The number of fused-ring (bicyclic) bond motifs is 1. The molecule has 1 amide bonds. The van der Waals surface area contributed by atoms with Crippen LogP contribution in [0.3, 0.4) is 0 Å². The van der Waals surface area contributed by atoms with Gasteiger partial charge in [0.25, 0.3) is 0 Å². The summed E-state index contributed by atoms with van der Waals surface area (Å²) in [6, 6.07) is 0. The second kappa shape index (κ2) is 11.0. The number of piperazine rings is 1. The smallest absolute Gasteiger partial charge is 0.248 e. The van der Waals surface area contributed by atoms with Gasteiger partial charge in [0.1, 0.15) is 6.61 Å². The van der Waals surface area contributed by atoms with Crippen LogP contribution in [0.1, 0.15) is 11.3 Å². The number of aliphatic hydroxyl groups is 1. The molecule has 11 nitrogen and oxygen atoms in total. The van der Waals surface area contributed by atoms with E-state index < -0.39 is 6.61 Å². The van der Waals surface area contributed by atoms with Gasteiger partial charge >= 0.3 is 0 Å². The largest absolute Gasteiger partial charge is 0.387 e. The molecule has 2 aromatic heterocycles. The Morgan fingerprint density at radius 2 is 2.00 bits per heavy atom. The molecule has 3 N–H and O–H groups in total. The van der Waals surface area contributed by atoms with Gasteiger partial charge in [0, 0.05) is 70.2 Å². The SMILES string of the molecule is C=C(C=NC(N)=NC)c1nc(N2CCOCC2)nc2c(CN3CCN(C(=O)CO)CC3)csc12. The van der Waals surface area contributed by atoms with Crippen molar-refractivity contribution >= 4 is 51.2 Å². The first-order chi connectivity index (χ1) is 16.5. The number of hydrogen-bond donors (Lipinski definition) is 2. The van der Waals surface area contributed by atoms with Gasteiger partial charge in [-0.2, -0.15) is 0 Å². The fourth-order valence-electron chi connectivity index (χ4n) is 3.95. The minimum Gasteiger partial charge on any atom is -0.387 e. The van der Waals surface area contributed by atoms with Gasteiger partial charge < -0.3 is 25.4 Å². The van der Waals surface area contributed by atoms with Crippen LogP contribution >= 0.6 is 11.3 Å². The fourth-order valence-corrected chi connectivity index (χ4v) is 4.97. The van der Waals surface area contributed by atoms with E-state index >= 15 is 0 Å². The molecule has 2 aliphatic rings. The third kappa shape index (κ3) is 5.41. The lowest BCUT2D eigenvalue weighted by Gasteiger charge is -2.34.